The highest BCUT2D eigenvalue weighted by atomic mass is 32.1. The average molecular weight is 320 g/mol. The highest BCUT2D eigenvalue weighted by Crippen LogP contribution is 2.22. The van der Waals surface area contributed by atoms with Gasteiger partial charge < -0.3 is 0 Å². The van der Waals surface area contributed by atoms with Crippen LogP contribution in [0.15, 0.2) is 53.3 Å². The zero-order valence-electron chi connectivity index (χ0n) is 13.0. The normalized spacial score (nSPS) is 11.4. The highest BCUT2D eigenvalue weighted by Gasteiger charge is 2.12. The molecule has 0 saturated carbocycles. The SMILES string of the molecule is Cc1cc2c(=O)n(Cc3cccc4ccccc34)c(C)nc2s1. The van der Waals surface area contributed by atoms with Crippen LogP contribution in [0.3, 0.4) is 0 Å². The molecule has 0 aliphatic heterocycles. The van der Waals surface area contributed by atoms with E-state index in [1.165, 1.54) is 10.8 Å². The van der Waals surface area contributed by atoms with Crippen LogP contribution in [0, 0.1) is 13.8 Å². The summed E-state index contributed by atoms with van der Waals surface area (Å²) >= 11 is 1.57. The number of thiophene rings is 1. The second-order valence-corrected chi connectivity index (χ2v) is 7.00. The predicted octanol–water partition coefficient (Wildman–Crippen LogP) is 4.28. The molecule has 2 heterocycles. The molecule has 4 rings (SSSR count). The van der Waals surface area contributed by atoms with Crippen molar-refractivity contribution >= 4 is 32.3 Å². The lowest BCUT2D eigenvalue weighted by Crippen LogP contribution is -2.24. The number of nitrogens with zero attached hydrogens (tertiary/aromatic N) is 2. The first-order valence-electron chi connectivity index (χ1n) is 7.58. The Morgan fingerprint density at radius 3 is 2.70 bits per heavy atom. The molecule has 23 heavy (non-hydrogen) atoms. The van der Waals surface area contributed by atoms with Gasteiger partial charge in [-0.1, -0.05) is 42.5 Å². The topological polar surface area (TPSA) is 34.9 Å². The number of aryl methyl sites for hydroxylation is 2. The number of rotatable bonds is 2. The van der Waals surface area contributed by atoms with E-state index in [4.69, 9.17) is 0 Å². The van der Waals surface area contributed by atoms with Gasteiger partial charge in [0.15, 0.2) is 0 Å². The van der Waals surface area contributed by atoms with E-state index in [1.54, 1.807) is 15.9 Å². The molecule has 0 saturated heterocycles. The molecular weight excluding hydrogens is 304 g/mol. The first-order valence-corrected chi connectivity index (χ1v) is 8.39. The van der Waals surface area contributed by atoms with Crippen molar-refractivity contribution in [3.05, 3.63) is 75.1 Å². The van der Waals surface area contributed by atoms with Crippen molar-refractivity contribution in [3.63, 3.8) is 0 Å². The number of fused-ring (bicyclic) bond motifs is 2. The van der Waals surface area contributed by atoms with Gasteiger partial charge in [-0.25, -0.2) is 4.98 Å². The summed E-state index contributed by atoms with van der Waals surface area (Å²) in [7, 11) is 0. The largest absolute Gasteiger partial charge is 0.292 e. The number of aromatic nitrogens is 2. The van der Waals surface area contributed by atoms with Crippen molar-refractivity contribution in [2.24, 2.45) is 0 Å². The molecule has 2 aromatic heterocycles. The molecule has 0 radical (unpaired) electrons. The van der Waals surface area contributed by atoms with Crippen LogP contribution in [0.5, 0.6) is 0 Å². The molecule has 114 valence electrons. The van der Waals surface area contributed by atoms with Crippen LogP contribution in [0.4, 0.5) is 0 Å². The number of hydrogen-bond donors (Lipinski definition) is 0. The van der Waals surface area contributed by atoms with Crippen molar-refractivity contribution in [1.29, 1.82) is 0 Å². The zero-order valence-corrected chi connectivity index (χ0v) is 13.9. The maximum absolute atomic E-state index is 12.8. The Labute approximate surface area is 137 Å². The van der Waals surface area contributed by atoms with Crippen molar-refractivity contribution in [2.45, 2.75) is 20.4 Å². The summed E-state index contributed by atoms with van der Waals surface area (Å²) in [6, 6.07) is 16.4. The summed E-state index contributed by atoms with van der Waals surface area (Å²) < 4.78 is 1.77. The Balaban J connectivity index is 1.91. The van der Waals surface area contributed by atoms with Gasteiger partial charge >= 0.3 is 0 Å². The van der Waals surface area contributed by atoms with Gasteiger partial charge in [0.05, 0.1) is 11.9 Å². The fourth-order valence-electron chi connectivity index (χ4n) is 3.02. The molecule has 2 aromatic carbocycles. The quantitative estimate of drug-likeness (QED) is 0.552. The van der Waals surface area contributed by atoms with E-state index >= 15 is 0 Å². The third-order valence-corrected chi connectivity index (χ3v) is 5.12. The number of hydrogen-bond acceptors (Lipinski definition) is 3. The lowest BCUT2D eigenvalue weighted by atomic mass is 10.0. The molecule has 0 aliphatic carbocycles. The van der Waals surface area contributed by atoms with Gasteiger partial charge in [-0.3, -0.25) is 9.36 Å². The molecular formula is C19H16N2OS. The lowest BCUT2D eigenvalue weighted by Gasteiger charge is -2.11. The fourth-order valence-corrected chi connectivity index (χ4v) is 3.94. The van der Waals surface area contributed by atoms with E-state index in [2.05, 4.69) is 29.2 Å². The van der Waals surface area contributed by atoms with Gasteiger partial charge in [0.2, 0.25) is 0 Å². The molecule has 0 bridgehead atoms. The summed E-state index contributed by atoms with van der Waals surface area (Å²) in [5.74, 6) is 0.761. The third kappa shape index (κ3) is 2.35. The number of benzene rings is 2. The Bertz CT molecular complexity index is 1090. The van der Waals surface area contributed by atoms with E-state index in [-0.39, 0.29) is 5.56 Å². The third-order valence-electron chi connectivity index (χ3n) is 4.17. The standard InChI is InChI=1S/C19H16N2OS/c1-12-10-17-18(23-12)20-13(2)21(19(17)22)11-15-8-5-7-14-6-3-4-9-16(14)15/h3-10H,11H2,1-2H3. The van der Waals surface area contributed by atoms with Gasteiger partial charge in [0.25, 0.3) is 5.56 Å². The molecule has 3 nitrogen and oxygen atoms in total. The summed E-state index contributed by atoms with van der Waals surface area (Å²) in [5, 5.41) is 3.09. The van der Waals surface area contributed by atoms with E-state index < -0.39 is 0 Å². The van der Waals surface area contributed by atoms with Gasteiger partial charge in [-0.2, -0.15) is 0 Å². The van der Waals surface area contributed by atoms with Gasteiger partial charge in [0.1, 0.15) is 10.7 Å². The predicted molar refractivity (Wildman–Crippen MR) is 96.4 cm³/mol. The first-order chi connectivity index (χ1) is 11.1. The van der Waals surface area contributed by atoms with Crippen LogP contribution >= 0.6 is 11.3 Å². The van der Waals surface area contributed by atoms with Crippen LogP contribution in [0.2, 0.25) is 0 Å². The lowest BCUT2D eigenvalue weighted by molar-refractivity contribution is 0.717. The minimum Gasteiger partial charge on any atom is -0.292 e. The van der Waals surface area contributed by atoms with Crippen LogP contribution in [-0.2, 0) is 6.54 Å². The summed E-state index contributed by atoms with van der Waals surface area (Å²) in [6.45, 7) is 4.46. The first kappa shape index (κ1) is 14.2. The maximum atomic E-state index is 12.8. The van der Waals surface area contributed by atoms with Crippen LogP contribution in [-0.4, -0.2) is 9.55 Å². The molecule has 0 spiro atoms. The summed E-state index contributed by atoms with van der Waals surface area (Å²) in [5.41, 5.74) is 1.19. The minimum absolute atomic E-state index is 0.0461. The second kappa shape index (κ2) is 5.32. The summed E-state index contributed by atoms with van der Waals surface area (Å²) in [6.07, 6.45) is 0. The smallest absolute Gasteiger partial charge is 0.262 e. The van der Waals surface area contributed by atoms with Crippen LogP contribution < -0.4 is 5.56 Å². The molecule has 0 atom stereocenters. The van der Waals surface area contributed by atoms with Gasteiger partial charge in [-0.15, -0.1) is 11.3 Å². The Morgan fingerprint density at radius 1 is 1.04 bits per heavy atom. The van der Waals surface area contributed by atoms with E-state index in [1.807, 2.05) is 38.1 Å². The van der Waals surface area contributed by atoms with Crippen LogP contribution in [0.1, 0.15) is 16.3 Å². The van der Waals surface area contributed by atoms with Crippen molar-refractivity contribution in [1.82, 2.24) is 9.55 Å². The zero-order chi connectivity index (χ0) is 16.0. The summed E-state index contributed by atoms with van der Waals surface area (Å²) in [4.78, 5) is 19.4. The van der Waals surface area contributed by atoms with Crippen LogP contribution in [0.25, 0.3) is 21.0 Å². The fraction of sp³-hybridized carbons (Fsp3) is 0.158. The van der Waals surface area contributed by atoms with Crippen molar-refractivity contribution in [2.75, 3.05) is 0 Å². The van der Waals surface area contributed by atoms with E-state index in [9.17, 15) is 4.79 Å². The Morgan fingerprint density at radius 2 is 1.83 bits per heavy atom. The Hall–Kier alpha value is -2.46. The molecule has 0 N–H and O–H groups in total. The molecule has 4 aromatic rings. The maximum Gasteiger partial charge on any atom is 0.262 e. The molecule has 0 unspecified atom stereocenters. The second-order valence-electron chi connectivity index (χ2n) is 5.76. The Kier molecular flexibility index (Phi) is 3.27. The molecule has 0 fully saturated rings. The van der Waals surface area contributed by atoms with E-state index in [0.29, 0.717) is 6.54 Å². The highest BCUT2D eigenvalue weighted by molar-refractivity contribution is 7.18. The van der Waals surface area contributed by atoms with E-state index in [0.717, 1.165) is 26.5 Å². The van der Waals surface area contributed by atoms with Crippen molar-refractivity contribution in [3.8, 4) is 0 Å². The molecule has 4 heteroatoms. The van der Waals surface area contributed by atoms with Crippen molar-refractivity contribution < 1.29 is 0 Å². The average Bonchev–Trinajstić information content (AvgIpc) is 2.92. The molecule has 0 aliphatic rings. The van der Waals surface area contributed by atoms with Gasteiger partial charge in [-0.05, 0) is 36.2 Å². The minimum atomic E-state index is 0.0461. The van der Waals surface area contributed by atoms with Gasteiger partial charge in [0, 0.05) is 4.88 Å². The molecule has 0 amide bonds. The monoisotopic (exact) mass is 320 g/mol.